The van der Waals surface area contributed by atoms with Crippen molar-refractivity contribution in [2.24, 2.45) is 0 Å². The largest absolute Gasteiger partial charge is 0.382 e. The van der Waals surface area contributed by atoms with E-state index in [0.29, 0.717) is 34.3 Å². The van der Waals surface area contributed by atoms with Crippen LogP contribution in [0.5, 0.6) is 0 Å². The van der Waals surface area contributed by atoms with Gasteiger partial charge in [0.25, 0.3) is 0 Å². The second kappa shape index (κ2) is 7.80. The van der Waals surface area contributed by atoms with Gasteiger partial charge in [-0.15, -0.1) is 10.2 Å². The molecule has 0 unspecified atom stereocenters. The third kappa shape index (κ3) is 5.08. The van der Waals surface area contributed by atoms with Crippen molar-refractivity contribution in [3.05, 3.63) is 59.5 Å². The zero-order valence-electron chi connectivity index (χ0n) is 15.8. The van der Waals surface area contributed by atoms with E-state index in [1.54, 1.807) is 36.4 Å². The van der Waals surface area contributed by atoms with E-state index in [1.807, 2.05) is 26.8 Å². The van der Waals surface area contributed by atoms with Gasteiger partial charge in [-0.05, 0) is 36.3 Å². The van der Waals surface area contributed by atoms with Gasteiger partial charge in [0.1, 0.15) is 17.3 Å². The molecule has 142 valence electrons. The Morgan fingerprint density at radius 2 is 1.89 bits per heavy atom. The Morgan fingerprint density at radius 3 is 2.57 bits per heavy atom. The molecule has 0 atom stereocenters. The predicted octanol–water partition coefficient (Wildman–Crippen LogP) is 3.39. The molecular formula is C20H20N6O2. The van der Waals surface area contributed by atoms with Crippen molar-refractivity contribution in [3.63, 3.8) is 0 Å². The maximum absolute atomic E-state index is 12.2. The lowest BCUT2D eigenvalue weighted by molar-refractivity contribution is 0.262. The Balaban J connectivity index is 1.65. The first-order chi connectivity index (χ1) is 13.3. The van der Waals surface area contributed by atoms with Crippen molar-refractivity contribution in [1.29, 1.82) is 0 Å². The van der Waals surface area contributed by atoms with Gasteiger partial charge in [0.2, 0.25) is 0 Å². The minimum Gasteiger partial charge on any atom is -0.382 e. The molecule has 0 radical (unpaired) electrons. The number of rotatable bonds is 2. The summed E-state index contributed by atoms with van der Waals surface area (Å²) in [5.74, 6) is 7.24. The van der Waals surface area contributed by atoms with E-state index in [1.165, 1.54) is 0 Å². The Bertz CT molecular complexity index is 1040. The number of benzene rings is 1. The highest BCUT2D eigenvalue weighted by Crippen LogP contribution is 2.24. The van der Waals surface area contributed by atoms with Crippen LogP contribution in [0.25, 0.3) is 0 Å². The van der Waals surface area contributed by atoms with Crippen LogP contribution < -0.4 is 16.4 Å². The molecule has 0 aliphatic rings. The van der Waals surface area contributed by atoms with E-state index >= 15 is 0 Å². The highest BCUT2D eigenvalue weighted by Gasteiger charge is 2.20. The van der Waals surface area contributed by atoms with Crippen LogP contribution in [0.4, 0.5) is 22.1 Å². The number of nitrogens with zero attached hydrogens (tertiary/aromatic N) is 3. The number of carbonyl (C=O) groups excluding carboxylic acids is 1. The van der Waals surface area contributed by atoms with Gasteiger partial charge < -0.3 is 15.6 Å². The number of hydrogen-bond donors (Lipinski definition) is 3. The number of anilines is 3. The summed E-state index contributed by atoms with van der Waals surface area (Å²) < 4.78 is 5.25. The number of nitrogens with one attached hydrogen (secondary N) is 2. The monoisotopic (exact) mass is 376 g/mol. The molecule has 28 heavy (non-hydrogen) atoms. The smallest absolute Gasteiger partial charge is 0.324 e. The Morgan fingerprint density at radius 1 is 1.07 bits per heavy atom. The predicted molar refractivity (Wildman–Crippen MR) is 107 cm³/mol. The third-order valence-electron chi connectivity index (χ3n) is 3.63. The van der Waals surface area contributed by atoms with Gasteiger partial charge in [-0.25, -0.2) is 4.79 Å². The fourth-order valence-electron chi connectivity index (χ4n) is 2.19. The zero-order valence-corrected chi connectivity index (χ0v) is 15.8. The van der Waals surface area contributed by atoms with E-state index in [0.717, 1.165) is 0 Å². The molecule has 8 nitrogen and oxygen atoms in total. The molecule has 2 aromatic heterocycles. The van der Waals surface area contributed by atoms with Gasteiger partial charge in [-0.2, -0.15) is 0 Å². The molecule has 0 aliphatic heterocycles. The lowest BCUT2D eigenvalue weighted by Gasteiger charge is -2.12. The van der Waals surface area contributed by atoms with Crippen LogP contribution in [0.2, 0.25) is 0 Å². The lowest BCUT2D eigenvalue weighted by atomic mass is 9.93. The zero-order chi connectivity index (χ0) is 20.1. The van der Waals surface area contributed by atoms with Crippen molar-refractivity contribution >= 4 is 23.4 Å². The van der Waals surface area contributed by atoms with Gasteiger partial charge in [-0.3, -0.25) is 5.32 Å². The molecule has 1 aromatic carbocycles. The number of nitrogen functional groups attached to an aromatic ring is 1. The minimum absolute atomic E-state index is 0.189. The van der Waals surface area contributed by atoms with Crippen molar-refractivity contribution < 1.29 is 9.32 Å². The van der Waals surface area contributed by atoms with Crippen molar-refractivity contribution in [2.75, 3.05) is 16.4 Å². The average molecular weight is 376 g/mol. The molecule has 0 fully saturated rings. The molecule has 0 bridgehead atoms. The van der Waals surface area contributed by atoms with Crippen LogP contribution >= 0.6 is 0 Å². The van der Waals surface area contributed by atoms with Crippen LogP contribution in [-0.2, 0) is 5.41 Å². The topological polar surface area (TPSA) is 119 Å². The summed E-state index contributed by atoms with van der Waals surface area (Å²) in [4.78, 5) is 12.2. The summed E-state index contributed by atoms with van der Waals surface area (Å²) in [6, 6.07) is 11.7. The summed E-state index contributed by atoms with van der Waals surface area (Å²) in [6.45, 7) is 6.00. The Hall–Kier alpha value is -3.86. The summed E-state index contributed by atoms with van der Waals surface area (Å²) >= 11 is 0. The first-order valence-corrected chi connectivity index (χ1v) is 8.56. The number of nitrogens with two attached hydrogens (primary N) is 1. The lowest BCUT2D eigenvalue weighted by Crippen LogP contribution is -2.19. The number of urea groups is 1. The normalized spacial score (nSPS) is 10.7. The molecule has 3 aromatic rings. The van der Waals surface area contributed by atoms with Crippen LogP contribution in [0, 0.1) is 11.8 Å². The molecule has 0 spiro atoms. The highest BCUT2D eigenvalue weighted by molar-refractivity contribution is 5.99. The second-order valence-electron chi connectivity index (χ2n) is 7.08. The van der Waals surface area contributed by atoms with E-state index in [-0.39, 0.29) is 5.41 Å². The second-order valence-corrected chi connectivity index (χ2v) is 7.08. The molecule has 2 amide bonds. The SMILES string of the molecule is CC(C)(C)c1cc(NC(=O)Nc2cccc(C#Cc3ccc(N)nn3)c2)no1. The van der Waals surface area contributed by atoms with Gasteiger partial charge >= 0.3 is 6.03 Å². The molecule has 4 N–H and O–H groups in total. The van der Waals surface area contributed by atoms with Gasteiger partial charge in [0.05, 0.1) is 0 Å². The number of carbonyl (C=O) groups is 1. The van der Waals surface area contributed by atoms with Crippen LogP contribution in [0.15, 0.2) is 47.0 Å². The molecule has 0 aliphatic carbocycles. The molecule has 3 rings (SSSR count). The summed E-state index contributed by atoms with van der Waals surface area (Å²) in [7, 11) is 0. The number of aromatic nitrogens is 3. The van der Waals surface area contributed by atoms with Crippen LogP contribution in [0.1, 0.15) is 37.8 Å². The fourth-order valence-corrected chi connectivity index (χ4v) is 2.19. The maximum atomic E-state index is 12.2. The fraction of sp³-hybridized carbons (Fsp3) is 0.200. The third-order valence-corrected chi connectivity index (χ3v) is 3.63. The van der Waals surface area contributed by atoms with Crippen molar-refractivity contribution in [1.82, 2.24) is 15.4 Å². The molecule has 2 heterocycles. The van der Waals surface area contributed by atoms with Crippen molar-refractivity contribution in [3.8, 4) is 11.8 Å². The Kier molecular flexibility index (Phi) is 5.27. The van der Waals surface area contributed by atoms with E-state index in [2.05, 4.69) is 37.8 Å². The Labute approximate surface area is 162 Å². The van der Waals surface area contributed by atoms with Gasteiger partial charge in [-0.1, -0.05) is 37.9 Å². The van der Waals surface area contributed by atoms with Crippen molar-refractivity contribution in [2.45, 2.75) is 26.2 Å². The van der Waals surface area contributed by atoms with Crippen LogP contribution in [0.3, 0.4) is 0 Å². The molecular weight excluding hydrogens is 356 g/mol. The van der Waals surface area contributed by atoms with Gasteiger partial charge in [0, 0.05) is 22.7 Å². The average Bonchev–Trinajstić information content (AvgIpc) is 3.10. The number of hydrogen-bond acceptors (Lipinski definition) is 6. The van der Waals surface area contributed by atoms with Gasteiger partial charge in [0.15, 0.2) is 5.82 Å². The standard InChI is InChI=1S/C20H20N6O2/c1-20(2,3)16-12-18(26-28-16)23-19(27)22-15-6-4-5-13(11-15)7-8-14-9-10-17(21)25-24-14/h4-6,9-12H,1-3H3,(H2,21,25)(H2,22,23,26,27). The first-order valence-electron chi connectivity index (χ1n) is 8.56. The quantitative estimate of drug-likeness (QED) is 0.590. The summed E-state index contributed by atoms with van der Waals surface area (Å²) in [5, 5.41) is 16.9. The van der Waals surface area contributed by atoms with E-state index in [4.69, 9.17) is 10.3 Å². The summed E-state index contributed by atoms with van der Waals surface area (Å²) in [6.07, 6.45) is 0. The minimum atomic E-state index is -0.428. The highest BCUT2D eigenvalue weighted by atomic mass is 16.5. The van der Waals surface area contributed by atoms with E-state index < -0.39 is 6.03 Å². The first kappa shape index (κ1) is 18.9. The van der Waals surface area contributed by atoms with Crippen LogP contribution in [-0.4, -0.2) is 21.4 Å². The van der Waals surface area contributed by atoms with E-state index in [9.17, 15) is 4.79 Å². The molecule has 0 saturated heterocycles. The maximum Gasteiger partial charge on any atom is 0.324 e. The molecule has 8 heteroatoms. The molecule has 0 saturated carbocycles. The number of amides is 2. The summed E-state index contributed by atoms with van der Waals surface area (Å²) in [5.41, 5.74) is 7.12.